The minimum atomic E-state index is -0.0722. The van der Waals surface area contributed by atoms with E-state index < -0.39 is 0 Å². The summed E-state index contributed by atoms with van der Waals surface area (Å²) in [5, 5.41) is 12.3. The number of carbonyl (C=O) groups is 1. The van der Waals surface area contributed by atoms with E-state index in [9.17, 15) is 9.90 Å². The summed E-state index contributed by atoms with van der Waals surface area (Å²) in [6, 6.07) is 6.84. The van der Waals surface area contributed by atoms with E-state index in [2.05, 4.69) is 12.2 Å². The zero-order chi connectivity index (χ0) is 15.7. The molecular weight excluding hydrogens is 280 g/mol. The summed E-state index contributed by atoms with van der Waals surface area (Å²) in [5.74, 6) is 0.236. The Bertz CT molecular complexity index is 545. The van der Waals surface area contributed by atoms with Gasteiger partial charge in [-0.05, 0) is 37.0 Å². The number of aromatic hydroxyl groups is 1. The van der Waals surface area contributed by atoms with E-state index in [0.29, 0.717) is 25.3 Å². The molecular formula is C17H24N2O3. The topological polar surface area (TPSA) is 61.8 Å². The lowest BCUT2D eigenvalue weighted by atomic mass is 9.75. The second-order valence-electron chi connectivity index (χ2n) is 6.86. The van der Waals surface area contributed by atoms with E-state index in [0.717, 1.165) is 24.8 Å². The van der Waals surface area contributed by atoms with Crippen LogP contribution in [0.4, 0.5) is 4.79 Å². The van der Waals surface area contributed by atoms with E-state index in [-0.39, 0.29) is 17.2 Å². The number of carbonyl (C=O) groups excluding carboxylic acids is 1. The first-order valence-electron chi connectivity index (χ1n) is 7.89. The number of hydrogen-bond acceptors (Lipinski definition) is 3. The molecule has 120 valence electrons. The summed E-state index contributed by atoms with van der Waals surface area (Å²) in [6.07, 6.45) is 4.00. The fourth-order valence-corrected chi connectivity index (χ4v) is 3.57. The average molecular weight is 304 g/mol. The Morgan fingerprint density at radius 2 is 2.14 bits per heavy atom. The molecule has 5 nitrogen and oxygen atoms in total. The van der Waals surface area contributed by atoms with Crippen molar-refractivity contribution in [3.05, 3.63) is 29.8 Å². The average Bonchev–Trinajstić information content (AvgIpc) is 3.07. The number of phenolic OH excluding ortho intramolecular Hbond substituents is 1. The molecule has 2 N–H and O–H groups in total. The molecule has 2 amide bonds. The highest BCUT2D eigenvalue weighted by Crippen LogP contribution is 2.46. The highest BCUT2D eigenvalue weighted by Gasteiger charge is 2.49. The molecule has 3 rings (SSSR count). The van der Waals surface area contributed by atoms with Gasteiger partial charge in [-0.1, -0.05) is 19.1 Å². The third-order valence-corrected chi connectivity index (χ3v) is 4.93. The zero-order valence-electron chi connectivity index (χ0n) is 13.2. The predicted octanol–water partition coefficient (Wildman–Crippen LogP) is 2.49. The van der Waals surface area contributed by atoms with E-state index in [1.807, 2.05) is 12.1 Å². The Labute approximate surface area is 131 Å². The van der Waals surface area contributed by atoms with Gasteiger partial charge in [-0.3, -0.25) is 0 Å². The monoisotopic (exact) mass is 304 g/mol. The Kier molecular flexibility index (Phi) is 4.00. The van der Waals surface area contributed by atoms with Gasteiger partial charge in [-0.15, -0.1) is 0 Å². The first-order valence-corrected chi connectivity index (χ1v) is 7.89. The van der Waals surface area contributed by atoms with Crippen LogP contribution in [0.5, 0.6) is 5.75 Å². The van der Waals surface area contributed by atoms with Crippen molar-refractivity contribution >= 4 is 6.03 Å². The quantitative estimate of drug-likeness (QED) is 0.898. The van der Waals surface area contributed by atoms with Crippen molar-refractivity contribution in [2.75, 3.05) is 13.6 Å². The molecule has 2 fully saturated rings. The lowest BCUT2D eigenvalue weighted by molar-refractivity contribution is 0.0676. The molecule has 1 aromatic rings. The number of urea groups is 1. The van der Waals surface area contributed by atoms with Crippen molar-refractivity contribution in [1.82, 2.24) is 10.2 Å². The number of nitrogens with zero attached hydrogens (tertiary/aromatic N) is 1. The van der Waals surface area contributed by atoms with Crippen molar-refractivity contribution in [2.45, 2.75) is 44.9 Å². The van der Waals surface area contributed by atoms with E-state index in [1.165, 1.54) is 0 Å². The van der Waals surface area contributed by atoms with Gasteiger partial charge in [0.25, 0.3) is 0 Å². The smallest absolute Gasteiger partial charge is 0.317 e. The Morgan fingerprint density at radius 1 is 1.41 bits per heavy atom. The van der Waals surface area contributed by atoms with Crippen LogP contribution in [0.15, 0.2) is 24.3 Å². The third kappa shape index (κ3) is 3.04. The molecule has 22 heavy (non-hydrogen) atoms. The number of phenols is 1. The molecule has 0 unspecified atom stereocenters. The van der Waals surface area contributed by atoms with E-state index in [4.69, 9.17) is 4.74 Å². The highest BCUT2D eigenvalue weighted by atomic mass is 16.5. The SMILES string of the molecule is CN(Cc1ccc(O)cc1)C(=O)NC[C@]1(C)C[C@H]2CC[C@H]1O2. The fourth-order valence-electron chi connectivity index (χ4n) is 3.57. The number of nitrogens with one attached hydrogen (secondary N) is 1. The van der Waals surface area contributed by atoms with Gasteiger partial charge in [0.1, 0.15) is 5.75 Å². The van der Waals surface area contributed by atoms with Crippen LogP contribution >= 0.6 is 0 Å². The van der Waals surface area contributed by atoms with Crippen LogP contribution < -0.4 is 5.32 Å². The number of fused-ring (bicyclic) bond motifs is 2. The first-order chi connectivity index (χ1) is 10.5. The van der Waals surface area contributed by atoms with Crippen LogP contribution in [0, 0.1) is 5.41 Å². The molecule has 0 spiro atoms. The van der Waals surface area contributed by atoms with E-state index in [1.54, 1.807) is 24.1 Å². The van der Waals surface area contributed by atoms with Crippen molar-refractivity contribution in [3.8, 4) is 5.75 Å². The van der Waals surface area contributed by atoms with Crippen LogP contribution in [0.3, 0.4) is 0 Å². The first kappa shape index (κ1) is 15.2. The maximum atomic E-state index is 12.2. The van der Waals surface area contributed by atoms with Crippen molar-refractivity contribution in [2.24, 2.45) is 5.41 Å². The molecule has 0 aromatic heterocycles. The summed E-state index contributed by atoms with van der Waals surface area (Å²) in [5.41, 5.74) is 1.06. The number of amides is 2. The molecule has 0 saturated carbocycles. The van der Waals surface area contributed by atoms with Gasteiger partial charge in [0.15, 0.2) is 0 Å². The normalized spacial score (nSPS) is 29.5. The van der Waals surface area contributed by atoms with Gasteiger partial charge in [0, 0.05) is 25.6 Å². The van der Waals surface area contributed by atoms with Crippen LogP contribution in [-0.2, 0) is 11.3 Å². The maximum absolute atomic E-state index is 12.2. The zero-order valence-corrected chi connectivity index (χ0v) is 13.2. The van der Waals surface area contributed by atoms with Crippen molar-refractivity contribution < 1.29 is 14.6 Å². The third-order valence-electron chi connectivity index (χ3n) is 4.93. The molecule has 2 heterocycles. The minimum Gasteiger partial charge on any atom is -0.508 e. The van der Waals surface area contributed by atoms with Gasteiger partial charge in [-0.2, -0.15) is 0 Å². The molecule has 2 aliphatic heterocycles. The van der Waals surface area contributed by atoms with E-state index >= 15 is 0 Å². The number of rotatable bonds is 4. The van der Waals surface area contributed by atoms with Crippen molar-refractivity contribution in [1.29, 1.82) is 0 Å². The summed E-state index contributed by atoms with van der Waals surface area (Å²) < 4.78 is 5.90. The predicted molar refractivity (Wildman–Crippen MR) is 83.6 cm³/mol. The molecule has 2 aliphatic rings. The van der Waals surface area contributed by atoms with Gasteiger partial charge in [0.2, 0.25) is 0 Å². The molecule has 2 saturated heterocycles. The number of hydrogen-bond donors (Lipinski definition) is 2. The molecule has 0 aliphatic carbocycles. The summed E-state index contributed by atoms with van der Waals surface area (Å²) >= 11 is 0. The van der Waals surface area contributed by atoms with Crippen LogP contribution in [0.2, 0.25) is 0 Å². The van der Waals surface area contributed by atoms with Crippen LogP contribution in [0.25, 0.3) is 0 Å². The summed E-state index contributed by atoms with van der Waals surface area (Å²) in [4.78, 5) is 13.9. The number of benzene rings is 1. The lowest BCUT2D eigenvalue weighted by Crippen LogP contribution is -2.45. The lowest BCUT2D eigenvalue weighted by Gasteiger charge is -2.32. The Morgan fingerprint density at radius 3 is 2.73 bits per heavy atom. The second kappa shape index (κ2) is 5.80. The maximum Gasteiger partial charge on any atom is 0.317 e. The second-order valence-corrected chi connectivity index (χ2v) is 6.86. The van der Waals surface area contributed by atoms with Crippen molar-refractivity contribution in [3.63, 3.8) is 0 Å². The minimum absolute atomic E-state index is 0.0674. The van der Waals surface area contributed by atoms with Gasteiger partial charge < -0.3 is 20.1 Å². The Hall–Kier alpha value is -1.75. The van der Waals surface area contributed by atoms with Gasteiger partial charge in [-0.25, -0.2) is 4.79 Å². The molecule has 2 bridgehead atoms. The van der Waals surface area contributed by atoms with Gasteiger partial charge in [0.05, 0.1) is 12.2 Å². The standard InChI is InChI=1S/C17H24N2O3/c1-17(9-14-7-8-15(17)22-14)11-18-16(21)19(2)10-12-3-5-13(20)6-4-12/h3-6,14-15,20H,7-11H2,1-2H3,(H,18,21)/t14-,15-,17+/m1/s1. The van der Waals surface area contributed by atoms with Crippen LogP contribution in [-0.4, -0.2) is 41.8 Å². The van der Waals surface area contributed by atoms with Gasteiger partial charge >= 0.3 is 6.03 Å². The molecule has 5 heteroatoms. The summed E-state index contributed by atoms with van der Waals surface area (Å²) in [7, 11) is 1.78. The Balaban J connectivity index is 1.50. The van der Waals surface area contributed by atoms with Crippen LogP contribution in [0.1, 0.15) is 31.7 Å². The molecule has 1 aromatic carbocycles. The number of ether oxygens (including phenoxy) is 1. The largest absolute Gasteiger partial charge is 0.508 e. The fraction of sp³-hybridized carbons (Fsp3) is 0.588. The highest BCUT2D eigenvalue weighted by molar-refractivity contribution is 5.73. The molecule has 0 radical (unpaired) electrons. The molecule has 3 atom stereocenters. The summed E-state index contributed by atoms with van der Waals surface area (Å²) in [6.45, 7) is 3.38.